The molecular weight excluding hydrogens is 433 g/mol. The van der Waals surface area contributed by atoms with Crippen LogP contribution in [0.2, 0.25) is 0 Å². The molecule has 0 spiro atoms. The van der Waals surface area contributed by atoms with Gasteiger partial charge in [0.05, 0.1) is 5.56 Å². The van der Waals surface area contributed by atoms with E-state index in [1.54, 1.807) is 12.1 Å². The lowest BCUT2D eigenvalue weighted by molar-refractivity contribution is 0.241. The first kappa shape index (κ1) is 22.6. The van der Waals surface area contributed by atoms with Gasteiger partial charge in [-0.3, -0.25) is 9.80 Å². The van der Waals surface area contributed by atoms with Crippen molar-refractivity contribution < 1.29 is 13.9 Å². The summed E-state index contributed by atoms with van der Waals surface area (Å²) >= 11 is 0. The van der Waals surface area contributed by atoms with Crippen molar-refractivity contribution in [3.8, 4) is 5.75 Å². The number of nitrogens with zero attached hydrogens (tertiary/aromatic N) is 3. The van der Waals surface area contributed by atoms with Crippen molar-refractivity contribution in [2.24, 2.45) is 0 Å². The van der Waals surface area contributed by atoms with Gasteiger partial charge in [-0.25, -0.2) is 9.18 Å². The number of likely N-dealkylation sites (tertiary alicyclic amines) is 1. The summed E-state index contributed by atoms with van der Waals surface area (Å²) in [6, 6.07) is 17.0. The summed E-state index contributed by atoms with van der Waals surface area (Å²) in [6.45, 7) is 5.88. The SMILES string of the molecule is O=c1occ(CN2CCN(c3ccc(F)cc3)CC2)c(O)c1CN1CC[C@H](c2ccccc2)C1. The molecule has 0 aliphatic carbocycles. The molecule has 5 rings (SSSR count). The number of piperazine rings is 1. The van der Waals surface area contributed by atoms with Crippen LogP contribution in [-0.4, -0.2) is 54.2 Å². The Hall–Kier alpha value is -3.16. The summed E-state index contributed by atoms with van der Waals surface area (Å²) in [7, 11) is 0. The second-order valence-corrected chi connectivity index (χ2v) is 9.25. The van der Waals surface area contributed by atoms with Gasteiger partial charge >= 0.3 is 5.63 Å². The molecule has 3 heterocycles. The van der Waals surface area contributed by atoms with E-state index in [9.17, 15) is 14.3 Å². The van der Waals surface area contributed by atoms with Crippen molar-refractivity contribution >= 4 is 5.69 Å². The fraction of sp³-hybridized carbons (Fsp3) is 0.370. The Kier molecular flexibility index (Phi) is 6.65. The van der Waals surface area contributed by atoms with Gasteiger partial charge in [0.2, 0.25) is 0 Å². The number of halogens is 1. The Bertz CT molecular complexity index is 1160. The summed E-state index contributed by atoms with van der Waals surface area (Å²) in [5.74, 6) is 0.264. The molecule has 0 saturated carbocycles. The van der Waals surface area contributed by atoms with Crippen LogP contribution in [0.1, 0.15) is 29.0 Å². The van der Waals surface area contributed by atoms with Crippen molar-refractivity contribution in [3.63, 3.8) is 0 Å². The lowest BCUT2D eigenvalue weighted by Gasteiger charge is -2.36. The average Bonchev–Trinajstić information content (AvgIpc) is 3.34. The average molecular weight is 464 g/mol. The zero-order valence-corrected chi connectivity index (χ0v) is 19.2. The van der Waals surface area contributed by atoms with Gasteiger partial charge in [-0.2, -0.15) is 0 Å². The van der Waals surface area contributed by atoms with Crippen LogP contribution in [0.5, 0.6) is 5.75 Å². The molecule has 3 aromatic rings. The molecule has 178 valence electrons. The summed E-state index contributed by atoms with van der Waals surface area (Å²) in [5.41, 5.74) is 2.84. The third-order valence-electron chi connectivity index (χ3n) is 7.03. The van der Waals surface area contributed by atoms with E-state index in [-0.39, 0.29) is 11.6 Å². The van der Waals surface area contributed by atoms with Crippen LogP contribution in [0.4, 0.5) is 10.1 Å². The normalized spacial score (nSPS) is 19.6. The van der Waals surface area contributed by atoms with Gasteiger partial charge in [-0.1, -0.05) is 30.3 Å². The highest BCUT2D eigenvalue weighted by Crippen LogP contribution is 2.30. The van der Waals surface area contributed by atoms with Crippen LogP contribution in [0.15, 0.2) is 70.1 Å². The first-order chi connectivity index (χ1) is 16.6. The molecule has 34 heavy (non-hydrogen) atoms. The van der Waals surface area contributed by atoms with Gasteiger partial charge in [0.25, 0.3) is 0 Å². The third-order valence-corrected chi connectivity index (χ3v) is 7.03. The zero-order valence-electron chi connectivity index (χ0n) is 19.2. The fourth-order valence-electron chi connectivity index (χ4n) is 5.05. The highest BCUT2D eigenvalue weighted by Gasteiger charge is 2.27. The molecule has 1 atom stereocenters. The molecule has 2 fully saturated rings. The molecule has 2 aliphatic heterocycles. The van der Waals surface area contributed by atoms with Gasteiger partial charge in [0.1, 0.15) is 17.8 Å². The Morgan fingerprint density at radius 2 is 1.65 bits per heavy atom. The van der Waals surface area contributed by atoms with Crippen LogP contribution in [0.3, 0.4) is 0 Å². The zero-order chi connectivity index (χ0) is 23.5. The van der Waals surface area contributed by atoms with Crippen LogP contribution < -0.4 is 10.5 Å². The first-order valence-electron chi connectivity index (χ1n) is 11.9. The van der Waals surface area contributed by atoms with Gasteiger partial charge in [-0.05, 0) is 48.7 Å². The van der Waals surface area contributed by atoms with E-state index in [1.165, 1.54) is 24.0 Å². The van der Waals surface area contributed by atoms with E-state index < -0.39 is 5.63 Å². The maximum Gasteiger partial charge on any atom is 0.343 e. The van der Waals surface area contributed by atoms with Crippen molar-refractivity contribution in [2.45, 2.75) is 25.4 Å². The van der Waals surface area contributed by atoms with E-state index in [4.69, 9.17) is 4.42 Å². The Labute approximate surface area is 198 Å². The summed E-state index contributed by atoms with van der Waals surface area (Å²) in [5, 5.41) is 10.9. The molecular formula is C27H30FN3O3. The van der Waals surface area contributed by atoms with Crippen molar-refractivity contribution in [1.82, 2.24) is 9.80 Å². The maximum atomic E-state index is 13.2. The van der Waals surface area contributed by atoms with Crippen LogP contribution in [0.25, 0.3) is 0 Å². The van der Waals surface area contributed by atoms with Gasteiger partial charge in [0.15, 0.2) is 0 Å². The van der Waals surface area contributed by atoms with Crippen molar-refractivity contribution in [2.75, 3.05) is 44.2 Å². The number of benzene rings is 2. The second-order valence-electron chi connectivity index (χ2n) is 9.25. The number of anilines is 1. The molecule has 0 radical (unpaired) electrons. The summed E-state index contributed by atoms with van der Waals surface area (Å²) in [4.78, 5) is 19.1. The predicted octanol–water partition coefficient (Wildman–Crippen LogP) is 3.80. The molecule has 0 amide bonds. The van der Waals surface area contributed by atoms with Crippen molar-refractivity contribution in [1.29, 1.82) is 0 Å². The predicted molar refractivity (Wildman–Crippen MR) is 130 cm³/mol. The molecule has 2 saturated heterocycles. The minimum Gasteiger partial charge on any atom is -0.507 e. The topological polar surface area (TPSA) is 60.2 Å². The number of rotatable bonds is 6. The Balaban J connectivity index is 1.21. The molecule has 0 bridgehead atoms. The number of aromatic hydroxyl groups is 1. The minimum atomic E-state index is -0.467. The Morgan fingerprint density at radius 3 is 2.38 bits per heavy atom. The molecule has 1 N–H and O–H groups in total. The van der Waals surface area contributed by atoms with E-state index in [2.05, 4.69) is 39.0 Å². The second kappa shape index (κ2) is 9.99. The monoisotopic (exact) mass is 463 g/mol. The van der Waals surface area contributed by atoms with Crippen LogP contribution in [0, 0.1) is 5.82 Å². The number of hydrogen-bond donors (Lipinski definition) is 1. The molecule has 7 heteroatoms. The summed E-state index contributed by atoms with van der Waals surface area (Å²) in [6.07, 6.45) is 2.43. The van der Waals surface area contributed by atoms with Gasteiger partial charge < -0.3 is 14.4 Å². The van der Waals surface area contributed by atoms with Crippen LogP contribution >= 0.6 is 0 Å². The lowest BCUT2D eigenvalue weighted by atomic mass is 9.99. The molecule has 6 nitrogen and oxygen atoms in total. The first-order valence-corrected chi connectivity index (χ1v) is 11.9. The highest BCUT2D eigenvalue weighted by molar-refractivity contribution is 5.46. The van der Waals surface area contributed by atoms with Gasteiger partial charge in [0, 0.05) is 57.1 Å². The third kappa shape index (κ3) is 5.00. The standard InChI is InChI=1S/C27H30FN3O3/c28-23-6-8-24(9-7-23)31-14-12-29(13-15-31)17-22-19-34-27(33)25(26(22)32)18-30-11-10-21(16-30)20-4-2-1-3-5-20/h1-9,19,21,32H,10-18H2/t21-/m0/s1. The van der Waals surface area contributed by atoms with Crippen LogP contribution in [-0.2, 0) is 13.1 Å². The molecule has 2 aromatic carbocycles. The molecule has 2 aliphatic rings. The largest absolute Gasteiger partial charge is 0.507 e. The van der Waals surface area contributed by atoms with E-state index in [1.807, 2.05) is 6.07 Å². The van der Waals surface area contributed by atoms with E-state index in [0.717, 1.165) is 51.4 Å². The lowest BCUT2D eigenvalue weighted by Crippen LogP contribution is -2.46. The number of hydrogen-bond acceptors (Lipinski definition) is 6. The fourth-order valence-corrected chi connectivity index (χ4v) is 5.05. The molecule has 0 unspecified atom stereocenters. The quantitative estimate of drug-likeness (QED) is 0.600. The maximum absolute atomic E-state index is 13.2. The Morgan fingerprint density at radius 1 is 0.912 bits per heavy atom. The van der Waals surface area contributed by atoms with Gasteiger partial charge in [-0.15, -0.1) is 0 Å². The van der Waals surface area contributed by atoms with Crippen molar-refractivity contribution in [3.05, 3.63) is 93.8 Å². The minimum absolute atomic E-state index is 0.0559. The van der Waals surface area contributed by atoms with E-state index in [0.29, 0.717) is 30.1 Å². The summed E-state index contributed by atoms with van der Waals surface area (Å²) < 4.78 is 18.5. The van der Waals surface area contributed by atoms with E-state index >= 15 is 0 Å². The molecule has 1 aromatic heterocycles. The highest BCUT2D eigenvalue weighted by atomic mass is 19.1. The smallest absolute Gasteiger partial charge is 0.343 e.